The van der Waals surface area contributed by atoms with Gasteiger partial charge in [0.25, 0.3) is 0 Å². The normalized spacial score (nSPS) is 19.7. The molecule has 1 saturated heterocycles. The minimum Gasteiger partial charge on any atom is -0.330 e. The molecule has 0 spiro atoms. The molecule has 1 atom stereocenters. The van der Waals surface area contributed by atoms with E-state index in [-0.39, 0.29) is 0 Å². The standard InChI is InChI=1S/C12H25N7/c1-3-11(4-5-13)19-8-6-18(7-9-19)10-12-14-16-17(2)15-12/h11H,3-10,13H2,1-2H3. The fourth-order valence-electron chi connectivity index (χ4n) is 2.71. The molecule has 0 radical (unpaired) electrons. The van der Waals surface area contributed by atoms with Crippen LogP contribution < -0.4 is 5.73 Å². The van der Waals surface area contributed by atoms with Crippen LogP contribution in [0, 0.1) is 0 Å². The lowest BCUT2D eigenvalue weighted by molar-refractivity contribution is 0.0856. The van der Waals surface area contributed by atoms with Crippen molar-refractivity contribution in [1.29, 1.82) is 0 Å². The van der Waals surface area contributed by atoms with E-state index in [1.54, 1.807) is 7.05 Å². The summed E-state index contributed by atoms with van der Waals surface area (Å²) in [5.41, 5.74) is 5.68. The first-order chi connectivity index (χ1) is 9.22. The lowest BCUT2D eigenvalue weighted by Crippen LogP contribution is -2.50. The maximum absolute atomic E-state index is 5.68. The summed E-state index contributed by atoms with van der Waals surface area (Å²) in [5, 5.41) is 12.1. The molecule has 0 aromatic carbocycles. The van der Waals surface area contributed by atoms with Gasteiger partial charge in [-0.3, -0.25) is 9.80 Å². The molecule has 7 nitrogen and oxygen atoms in total. The highest BCUT2D eigenvalue weighted by atomic mass is 15.6. The molecule has 2 rings (SSSR count). The van der Waals surface area contributed by atoms with Crippen molar-refractivity contribution in [3.63, 3.8) is 0 Å². The number of piperazine rings is 1. The van der Waals surface area contributed by atoms with Gasteiger partial charge in [-0.15, -0.1) is 10.2 Å². The van der Waals surface area contributed by atoms with Gasteiger partial charge in [-0.25, -0.2) is 0 Å². The number of aromatic nitrogens is 4. The van der Waals surface area contributed by atoms with Crippen LogP contribution in [-0.2, 0) is 13.6 Å². The topological polar surface area (TPSA) is 76.1 Å². The Balaban J connectivity index is 1.78. The molecule has 1 aromatic rings. The minimum absolute atomic E-state index is 0.641. The molecule has 1 aliphatic heterocycles. The van der Waals surface area contributed by atoms with Crippen molar-refractivity contribution >= 4 is 0 Å². The lowest BCUT2D eigenvalue weighted by Gasteiger charge is -2.38. The Kier molecular flexibility index (Phi) is 5.24. The molecule has 0 bridgehead atoms. The van der Waals surface area contributed by atoms with Crippen molar-refractivity contribution in [3.05, 3.63) is 5.82 Å². The quantitative estimate of drug-likeness (QED) is 0.746. The van der Waals surface area contributed by atoms with E-state index in [4.69, 9.17) is 5.73 Å². The third-order valence-corrected chi connectivity index (χ3v) is 3.81. The molecule has 0 saturated carbocycles. The average molecular weight is 267 g/mol. The van der Waals surface area contributed by atoms with Gasteiger partial charge in [-0.2, -0.15) is 4.80 Å². The van der Waals surface area contributed by atoms with Crippen molar-refractivity contribution in [3.8, 4) is 0 Å². The zero-order valence-electron chi connectivity index (χ0n) is 12.0. The van der Waals surface area contributed by atoms with Gasteiger partial charge in [0.05, 0.1) is 13.6 Å². The van der Waals surface area contributed by atoms with Gasteiger partial charge in [0.15, 0.2) is 5.82 Å². The second-order valence-corrected chi connectivity index (χ2v) is 5.15. The Morgan fingerprint density at radius 2 is 2.00 bits per heavy atom. The van der Waals surface area contributed by atoms with Gasteiger partial charge in [-0.05, 0) is 24.6 Å². The molecule has 7 heteroatoms. The van der Waals surface area contributed by atoms with Crippen LogP contribution in [0.2, 0.25) is 0 Å². The lowest BCUT2D eigenvalue weighted by atomic mass is 10.1. The van der Waals surface area contributed by atoms with E-state index in [0.717, 1.165) is 51.5 Å². The summed E-state index contributed by atoms with van der Waals surface area (Å²) >= 11 is 0. The Labute approximate surface area is 114 Å². The van der Waals surface area contributed by atoms with Crippen LogP contribution in [0.4, 0.5) is 0 Å². The number of hydrogen-bond donors (Lipinski definition) is 1. The molecule has 1 unspecified atom stereocenters. The van der Waals surface area contributed by atoms with Crippen LogP contribution in [0.25, 0.3) is 0 Å². The first-order valence-electron chi connectivity index (χ1n) is 7.12. The highest BCUT2D eigenvalue weighted by Gasteiger charge is 2.22. The number of tetrazole rings is 1. The number of aryl methyl sites for hydroxylation is 1. The predicted octanol–water partition coefficient (Wildman–Crippen LogP) is -0.545. The average Bonchev–Trinajstić information content (AvgIpc) is 2.82. The number of nitrogens with two attached hydrogens (primary N) is 1. The van der Waals surface area contributed by atoms with E-state index in [1.165, 1.54) is 11.2 Å². The summed E-state index contributed by atoms with van der Waals surface area (Å²) < 4.78 is 0. The van der Waals surface area contributed by atoms with Crippen molar-refractivity contribution in [2.45, 2.75) is 32.4 Å². The van der Waals surface area contributed by atoms with E-state index >= 15 is 0 Å². The first-order valence-corrected chi connectivity index (χ1v) is 7.12. The summed E-state index contributed by atoms with van der Waals surface area (Å²) in [6.07, 6.45) is 2.28. The molecule has 1 aromatic heterocycles. The number of nitrogens with zero attached hydrogens (tertiary/aromatic N) is 6. The highest BCUT2D eigenvalue weighted by molar-refractivity contribution is 4.82. The van der Waals surface area contributed by atoms with Gasteiger partial charge < -0.3 is 5.73 Å². The summed E-state index contributed by atoms with van der Waals surface area (Å²) in [6.45, 7) is 8.18. The second kappa shape index (κ2) is 6.93. The van der Waals surface area contributed by atoms with Crippen LogP contribution in [-0.4, -0.2) is 68.8 Å². The largest absolute Gasteiger partial charge is 0.330 e. The van der Waals surface area contributed by atoms with Crippen molar-refractivity contribution in [2.75, 3.05) is 32.7 Å². The Hall–Kier alpha value is -1.05. The summed E-state index contributed by atoms with van der Waals surface area (Å²) in [4.78, 5) is 6.47. The van der Waals surface area contributed by atoms with Crippen molar-refractivity contribution in [1.82, 2.24) is 30.0 Å². The molecule has 108 valence electrons. The van der Waals surface area contributed by atoms with Crippen LogP contribution >= 0.6 is 0 Å². The smallest absolute Gasteiger partial charge is 0.188 e. The van der Waals surface area contributed by atoms with Crippen molar-refractivity contribution in [2.24, 2.45) is 12.8 Å². The zero-order valence-corrected chi connectivity index (χ0v) is 12.0. The third kappa shape index (κ3) is 3.95. The SMILES string of the molecule is CCC(CCN)N1CCN(Cc2nnn(C)n2)CC1. The fraction of sp³-hybridized carbons (Fsp3) is 0.917. The van der Waals surface area contributed by atoms with Gasteiger partial charge in [0, 0.05) is 32.2 Å². The van der Waals surface area contributed by atoms with Crippen LogP contribution in [0.5, 0.6) is 0 Å². The first kappa shape index (κ1) is 14.4. The van der Waals surface area contributed by atoms with Crippen LogP contribution in [0.15, 0.2) is 0 Å². The molecule has 0 aliphatic carbocycles. The maximum Gasteiger partial charge on any atom is 0.188 e. The number of hydrogen-bond acceptors (Lipinski definition) is 6. The molecule has 1 fully saturated rings. The van der Waals surface area contributed by atoms with E-state index in [1.807, 2.05) is 0 Å². The summed E-state index contributed by atoms with van der Waals surface area (Å²) in [5.74, 6) is 0.810. The second-order valence-electron chi connectivity index (χ2n) is 5.15. The van der Waals surface area contributed by atoms with E-state index in [2.05, 4.69) is 32.1 Å². The Morgan fingerprint density at radius 1 is 1.26 bits per heavy atom. The number of rotatable bonds is 6. The highest BCUT2D eigenvalue weighted by Crippen LogP contribution is 2.12. The minimum atomic E-state index is 0.641. The van der Waals surface area contributed by atoms with Gasteiger partial charge >= 0.3 is 0 Å². The Bertz CT molecular complexity index is 370. The van der Waals surface area contributed by atoms with Crippen LogP contribution in [0.3, 0.4) is 0 Å². The monoisotopic (exact) mass is 267 g/mol. The van der Waals surface area contributed by atoms with E-state index in [9.17, 15) is 0 Å². The molecular formula is C12H25N7. The van der Waals surface area contributed by atoms with E-state index < -0.39 is 0 Å². The molecule has 2 N–H and O–H groups in total. The predicted molar refractivity (Wildman–Crippen MR) is 73.4 cm³/mol. The maximum atomic E-state index is 5.68. The molecule has 2 heterocycles. The third-order valence-electron chi connectivity index (χ3n) is 3.81. The van der Waals surface area contributed by atoms with E-state index in [0.29, 0.717) is 6.04 Å². The molecule has 0 amide bonds. The van der Waals surface area contributed by atoms with Crippen LogP contribution in [0.1, 0.15) is 25.6 Å². The molecule has 19 heavy (non-hydrogen) atoms. The molecule has 1 aliphatic rings. The summed E-state index contributed by atoms with van der Waals surface area (Å²) in [6, 6.07) is 0.641. The molecular weight excluding hydrogens is 242 g/mol. The fourth-order valence-corrected chi connectivity index (χ4v) is 2.71. The Morgan fingerprint density at radius 3 is 2.53 bits per heavy atom. The van der Waals surface area contributed by atoms with Gasteiger partial charge in [0.1, 0.15) is 0 Å². The van der Waals surface area contributed by atoms with Crippen molar-refractivity contribution < 1.29 is 0 Å². The van der Waals surface area contributed by atoms with Gasteiger partial charge in [-0.1, -0.05) is 6.92 Å². The zero-order chi connectivity index (χ0) is 13.7. The summed E-state index contributed by atoms with van der Waals surface area (Å²) in [7, 11) is 1.80. The van der Waals surface area contributed by atoms with Gasteiger partial charge in [0.2, 0.25) is 0 Å².